The highest BCUT2D eigenvalue weighted by molar-refractivity contribution is 6.92. The highest BCUT2D eigenvalue weighted by Gasteiger charge is 2.51. The SMILES string of the molecule is C/C=C(/C)C(B(c1ccc2c(c1)-c1ccccc1C21c2ccccc2-c2ccccc21)c1c(C)cccc1C)=C(C)C. The third-order valence-corrected chi connectivity index (χ3v) is 9.87. The summed E-state index contributed by atoms with van der Waals surface area (Å²) >= 11 is 0. The Morgan fingerprint density at radius 1 is 0.571 bits per heavy atom. The molecule has 0 saturated heterocycles. The molecule has 2 aliphatic carbocycles. The molecule has 0 atom stereocenters. The van der Waals surface area contributed by atoms with Crippen LogP contribution in [0.25, 0.3) is 22.3 Å². The van der Waals surface area contributed by atoms with Crippen LogP contribution in [0.15, 0.2) is 132 Å². The Morgan fingerprint density at radius 3 is 1.55 bits per heavy atom. The second-order valence-corrected chi connectivity index (χ2v) is 12.3. The van der Waals surface area contributed by atoms with E-state index in [1.54, 1.807) is 0 Å². The number of allylic oxidation sites excluding steroid dienone is 4. The lowest BCUT2D eigenvalue weighted by Crippen LogP contribution is -2.47. The molecule has 1 heteroatoms. The van der Waals surface area contributed by atoms with Gasteiger partial charge in [-0.2, -0.15) is 0 Å². The van der Waals surface area contributed by atoms with Crippen LogP contribution >= 0.6 is 0 Å². The van der Waals surface area contributed by atoms with Crippen LogP contribution in [0.4, 0.5) is 0 Å². The normalized spacial score (nSPS) is 13.8. The molecule has 0 unspecified atom stereocenters. The molecular formula is C41H37B. The summed E-state index contributed by atoms with van der Waals surface area (Å²) in [5, 5.41) is 0. The molecule has 1 spiro atoms. The zero-order valence-corrected chi connectivity index (χ0v) is 25.5. The second-order valence-electron chi connectivity index (χ2n) is 12.3. The Labute approximate surface area is 251 Å². The van der Waals surface area contributed by atoms with E-state index in [9.17, 15) is 0 Å². The van der Waals surface area contributed by atoms with Crippen LogP contribution in [0.1, 0.15) is 61.1 Å². The Morgan fingerprint density at radius 2 is 1.05 bits per heavy atom. The van der Waals surface area contributed by atoms with Gasteiger partial charge in [0.05, 0.1) is 5.41 Å². The second kappa shape index (κ2) is 9.88. The molecule has 0 radical (unpaired) electrons. The van der Waals surface area contributed by atoms with Gasteiger partial charge in [0.2, 0.25) is 6.71 Å². The number of hydrogen-bond acceptors (Lipinski definition) is 0. The van der Waals surface area contributed by atoms with Crippen LogP contribution in [0, 0.1) is 13.8 Å². The fourth-order valence-electron chi connectivity index (χ4n) is 8.12. The van der Waals surface area contributed by atoms with E-state index in [0.29, 0.717) is 0 Å². The van der Waals surface area contributed by atoms with Gasteiger partial charge >= 0.3 is 0 Å². The average molecular weight is 541 g/mol. The Hall–Kier alpha value is -4.36. The Bertz CT molecular complexity index is 1880. The van der Waals surface area contributed by atoms with Gasteiger partial charge in [-0.3, -0.25) is 0 Å². The maximum atomic E-state index is 2.52. The molecule has 5 aromatic rings. The van der Waals surface area contributed by atoms with Crippen molar-refractivity contribution in [1.82, 2.24) is 0 Å². The van der Waals surface area contributed by atoms with E-state index in [2.05, 4.69) is 157 Å². The molecule has 7 rings (SSSR count). The first-order chi connectivity index (χ1) is 20.4. The third-order valence-electron chi connectivity index (χ3n) is 9.87. The minimum atomic E-state index is -0.301. The molecule has 0 N–H and O–H groups in total. The standard InChI is InChI=1S/C41H37B/c1-7-27(4)39(26(2)3)42(40-28(5)15-14-16-29(40)6)30-23-24-38-34(25-30)33-19-10-13-22-37(33)41(38)35-20-11-8-17-31(35)32-18-9-12-21-36(32)41/h7-25H,1-6H3/b27-7-. The molecule has 0 aliphatic heterocycles. The summed E-state index contributed by atoms with van der Waals surface area (Å²) in [6, 6.07) is 41.3. The van der Waals surface area contributed by atoms with Gasteiger partial charge in [-0.1, -0.05) is 154 Å². The molecule has 0 amide bonds. The van der Waals surface area contributed by atoms with E-state index in [-0.39, 0.29) is 12.1 Å². The van der Waals surface area contributed by atoms with E-state index in [0.717, 1.165) is 0 Å². The molecule has 0 saturated carbocycles. The first-order valence-corrected chi connectivity index (χ1v) is 15.2. The first-order valence-electron chi connectivity index (χ1n) is 15.2. The summed E-state index contributed by atoms with van der Waals surface area (Å²) in [4.78, 5) is 0. The van der Waals surface area contributed by atoms with Crippen LogP contribution in [0.2, 0.25) is 0 Å². The van der Waals surface area contributed by atoms with Crippen molar-refractivity contribution in [1.29, 1.82) is 0 Å². The molecule has 0 heterocycles. The van der Waals surface area contributed by atoms with E-state index in [4.69, 9.17) is 0 Å². The maximum Gasteiger partial charge on any atom is 0.242 e. The van der Waals surface area contributed by atoms with E-state index >= 15 is 0 Å². The number of aryl methyl sites for hydroxylation is 2. The van der Waals surface area contributed by atoms with Crippen molar-refractivity contribution in [3.63, 3.8) is 0 Å². The molecule has 42 heavy (non-hydrogen) atoms. The smallest absolute Gasteiger partial charge is 0.0852 e. The zero-order chi connectivity index (χ0) is 29.2. The summed E-state index contributed by atoms with van der Waals surface area (Å²) in [6.07, 6.45) is 2.27. The van der Waals surface area contributed by atoms with Crippen LogP contribution in [-0.4, -0.2) is 6.71 Å². The van der Waals surface area contributed by atoms with E-state index < -0.39 is 0 Å². The van der Waals surface area contributed by atoms with Crippen LogP contribution in [-0.2, 0) is 5.41 Å². The molecule has 204 valence electrons. The summed E-state index contributed by atoms with van der Waals surface area (Å²) in [6.45, 7) is 13.7. The van der Waals surface area contributed by atoms with Crippen molar-refractivity contribution in [2.45, 2.75) is 47.0 Å². The molecule has 0 nitrogen and oxygen atoms in total. The maximum absolute atomic E-state index is 2.52. The lowest BCUT2D eigenvalue weighted by molar-refractivity contribution is 0.794. The highest BCUT2D eigenvalue weighted by Crippen LogP contribution is 2.62. The Kier molecular flexibility index (Phi) is 6.24. The van der Waals surface area contributed by atoms with Crippen LogP contribution < -0.4 is 10.9 Å². The van der Waals surface area contributed by atoms with Gasteiger partial charge < -0.3 is 0 Å². The number of hydrogen-bond donors (Lipinski definition) is 0. The Balaban J connectivity index is 1.56. The molecule has 5 aromatic carbocycles. The first kappa shape index (κ1) is 26.5. The van der Waals surface area contributed by atoms with Crippen molar-refractivity contribution < 1.29 is 0 Å². The summed E-state index contributed by atoms with van der Waals surface area (Å²) in [5.74, 6) is 0. The lowest BCUT2D eigenvalue weighted by atomic mass is 9.33. The lowest BCUT2D eigenvalue weighted by Gasteiger charge is -2.31. The van der Waals surface area contributed by atoms with Crippen LogP contribution in [0.3, 0.4) is 0 Å². The summed E-state index contributed by atoms with van der Waals surface area (Å²) < 4.78 is 0. The topological polar surface area (TPSA) is 0 Å². The third kappa shape index (κ3) is 3.56. The van der Waals surface area contributed by atoms with Crippen molar-refractivity contribution in [3.05, 3.63) is 165 Å². The van der Waals surface area contributed by atoms with Crippen molar-refractivity contribution in [2.75, 3.05) is 0 Å². The predicted octanol–water partition coefficient (Wildman–Crippen LogP) is 9.10. The van der Waals surface area contributed by atoms with Gasteiger partial charge in [-0.15, -0.1) is 0 Å². The molecule has 2 aliphatic rings. The minimum Gasteiger partial charge on any atom is -0.0852 e. The fraction of sp³-hybridized carbons (Fsp3) is 0.171. The van der Waals surface area contributed by atoms with E-state index in [1.807, 2.05) is 0 Å². The van der Waals surface area contributed by atoms with Gasteiger partial charge in [0.25, 0.3) is 0 Å². The van der Waals surface area contributed by atoms with Crippen LogP contribution in [0.5, 0.6) is 0 Å². The number of fused-ring (bicyclic) bond motifs is 10. The monoisotopic (exact) mass is 540 g/mol. The minimum absolute atomic E-state index is 0.157. The van der Waals surface area contributed by atoms with Gasteiger partial charge in [0.15, 0.2) is 0 Å². The highest BCUT2D eigenvalue weighted by atomic mass is 14.5. The van der Waals surface area contributed by atoms with E-state index in [1.165, 1.54) is 83.2 Å². The summed E-state index contributed by atoms with van der Waals surface area (Å²) in [7, 11) is 0. The quantitative estimate of drug-likeness (QED) is 0.154. The van der Waals surface area contributed by atoms with Gasteiger partial charge in [-0.05, 0) is 86.1 Å². The summed E-state index contributed by atoms with van der Waals surface area (Å²) in [5.41, 5.74) is 20.3. The largest absolute Gasteiger partial charge is 0.242 e. The zero-order valence-electron chi connectivity index (χ0n) is 25.5. The number of rotatable bonds is 4. The molecule has 0 fully saturated rings. The molecule has 0 bridgehead atoms. The molecule has 0 aromatic heterocycles. The number of benzene rings is 5. The molecular weight excluding hydrogens is 503 g/mol. The van der Waals surface area contributed by atoms with Gasteiger partial charge in [0, 0.05) is 0 Å². The fourth-order valence-corrected chi connectivity index (χ4v) is 8.12. The predicted molar refractivity (Wildman–Crippen MR) is 181 cm³/mol. The average Bonchev–Trinajstić information content (AvgIpc) is 3.47. The van der Waals surface area contributed by atoms with Gasteiger partial charge in [-0.25, -0.2) is 0 Å². The van der Waals surface area contributed by atoms with Crippen molar-refractivity contribution in [2.24, 2.45) is 0 Å². The van der Waals surface area contributed by atoms with Crippen molar-refractivity contribution in [3.8, 4) is 22.3 Å². The van der Waals surface area contributed by atoms with Crippen molar-refractivity contribution >= 4 is 17.6 Å². The van der Waals surface area contributed by atoms with Gasteiger partial charge in [0.1, 0.15) is 0 Å².